The minimum absolute atomic E-state index is 0.0345. The molecule has 1 N–H and O–H groups in total. The summed E-state index contributed by atoms with van der Waals surface area (Å²) in [6, 6.07) is 0. The highest BCUT2D eigenvalue weighted by atomic mass is 16.6. The molecule has 0 saturated carbocycles. The van der Waals surface area contributed by atoms with Crippen LogP contribution in [0.25, 0.3) is 0 Å². The Morgan fingerprint density at radius 1 is 1.57 bits per heavy atom. The van der Waals surface area contributed by atoms with E-state index in [-0.39, 0.29) is 13.0 Å². The molecule has 82 valence electrons. The first-order chi connectivity index (χ1) is 6.46. The summed E-state index contributed by atoms with van der Waals surface area (Å²) in [6.07, 6.45) is 0.510. The Hall–Kier alpha value is -1.17. The van der Waals surface area contributed by atoms with E-state index in [4.69, 9.17) is 0 Å². The van der Waals surface area contributed by atoms with Gasteiger partial charge in [-0.15, -0.1) is 0 Å². The lowest BCUT2D eigenvalue weighted by molar-refractivity contribution is -0.497. The predicted molar refractivity (Wildman–Crippen MR) is 48.4 cm³/mol. The van der Waals surface area contributed by atoms with Gasteiger partial charge in [0, 0.05) is 4.92 Å². The summed E-state index contributed by atoms with van der Waals surface area (Å²) in [6.45, 7) is 2.60. The molecule has 0 radical (unpaired) electrons. The molecule has 0 aromatic carbocycles. The number of nitrogens with zero attached hydrogens (tertiary/aromatic N) is 1. The standard InChI is InChI=1S/C8H15NO5/c1-3-5-8(11,6-9(12)13)7(10)14-4-2/h11H,3-6H2,1-2H3/t8-/m1/s1. The van der Waals surface area contributed by atoms with Gasteiger partial charge in [-0.1, -0.05) is 13.3 Å². The third-order valence-electron chi connectivity index (χ3n) is 1.71. The summed E-state index contributed by atoms with van der Waals surface area (Å²) in [5.74, 6) is -0.918. The van der Waals surface area contributed by atoms with Gasteiger partial charge in [0.25, 0.3) is 0 Å². The van der Waals surface area contributed by atoms with E-state index in [0.717, 1.165) is 0 Å². The molecule has 0 aliphatic rings. The summed E-state index contributed by atoms with van der Waals surface area (Å²) in [5, 5.41) is 19.9. The van der Waals surface area contributed by atoms with E-state index in [0.29, 0.717) is 6.42 Å². The number of carbonyl (C=O) groups is 1. The molecule has 0 aliphatic carbocycles. The average molecular weight is 205 g/mol. The van der Waals surface area contributed by atoms with Crippen LogP contribution in [0, 0.1) is 10.1 Å². The first kappa shape index (κ1) is 12.8. The molecule has 0 spiro atoms. The predicted octanol–water partition coefficient (Wildman–Crippen LogP) is 0.357. The SMILES string of the molecule is CCC[C@@](O)(C[N+](=O)[O-])C(=O)OCC. The largest absolute Gasteiger partial charge is 0.464 e. The van der Waals surface area contributed by atoms with Gasteiger partial charge < -0.3 is 9.84 Å². The van der Waals surface area contributed by atoms with Crippen molar-refractivity contribution < 1.29 is 19.6 Å². The van der Waals surface area contributed by atoms with Crippen LogP contribution >= 0.6 is 0 Å². The maximum Gasteiger partial charge on any atom is 0.345 e. The zero-order valence-electron chi connectivity index (χ0n) is 8.36. The lowest BCUT2D eigenvalue weighted by Gasteiger charge is -2.20. The second-order valence-electron chi connectivity index (χ2n) is 2.99. The van der Waals surface area contributed by atoms with Gasteiger partial charge in [-0.3, -0.25) is 10.1 Å². The van der Waals surface area contributed by atoms with Crippen LogP contribution < -0.4 is 0 Å². The quantitative estimate of drug-likeness (QED) is 0.384. The van der Waals surface area contributed by atoms with E-state index in [1.807, 2.05) is 0 Å². The van der Waals surface area contributed by atoms with Crippen LogP contribution in [-0.2, 0) is 9.53 Å². The Bertz CT molecular complexity index is 218. The Kier molecular flexibility index (Phi) is 5.07. The van der Waals surface area contributed by atoms with Crippen LogP contribution in [0.4, 0.5) is 0 Å². The van der Waals surface area contributed by atoms with E-state index >= 15 is 0 Å². The lowest BCUT2D eigenvalue weighted by Crippen LogP contribution is -2.46. The third-order valence-corrected chi connectivity index (χ3v) is 1.71. The number of nitro groups is 1. The molecule has 0 heterocycles. The first-order valence-electron chi connectivity index (χ1n) is 4.47. The van der Waals surface area contributed by atoms with Crippen LogP contribution in [0.15, 0.2) is 0 Å². The zero-order chi connectivity index (χ0) is 11.2. The number of hydrogen-bond acceptors (Lipinski definition) is 5. The minimum Gasteiger partial charge on any atom is -0.464 e. The molecular weight excluding hydrogens is 190 g/mol. The van der Waals surface area contributed by atoms with Gasteiger partial charge in [0.1, 0.15) is 0 Å². The van der Waals surface area contributed by atoms with Crippen molar-refractivity contribution in [3.05, 3.63) is 10.1 Å². The van der Waals surface area contributed by atoms with Gasteiger partial charge in [0.15, 0.2) is 0 Å². The fraction of sp³-hybridized carbons (Fsp3) is 0.875. The van der Waals surface area contributed by atoms with Gasteiger partial charge in [-0.25, -0.2) is 4.79 Å². The minimum atomic E-state index is -1.98. The Labute approximate surface area is 82.0 Å². The van der Waals surface area contributed by atoms with Gasteiger partial charge >= 0.3 is 5.97 Å². The maximum atomic E-state index is 11.2. The van der Waals surface area contributed by atoms with Gasteiger partial charge in [-0.2, -0.15) is 0 Å². The van der Waals surface area contributed by atoms with Gasteiger partial charge in [0.2, 0.25) is 12.1 Å². The van der Waals surface area contributed by atoms with Crippen LogP contribution in [0.5, 0.6) is 0 Å². The monoisotopic (exact) mass is 205 g/mol. The molecule has 0 aromatic heterocycles. The highest BCUT2D eigenvalue weighted by Crippen LogP contribution is 2.15. The van der Waals surface area contributed by atoms with Crippen molar-refractivity contribution in [2.45, 2.75) is 32.3 Å². The summed E-state index contributed by atoms with van der Waals surface area (Å²) in [5.41, 5.74) is -1.98. The summed E-state index contributed by atoms with van der Waals surface area (Å²) in [4.78, 5) is 20.7. The number of rotatable bonds is 6. The molecular formula is C8H15NO5. The topological polar surface area (TPSA) is 89.7 Å². The highest BCUT2D eigenvalue weighted by Gasteiger charge is 2.42. The molecule has 0 amide bonds. The number of hydrogen-bond donors (Lipinski definition) is 1. The number of ether oxygens (including phenoxy) is 1. The number of aliphatic hydroxyl groups is 1. The second-order valence-corrected chi connectivity index (χ2v) is 2.99. The van der Waals surface area contributed by atoms with Crippen LogP contribution in [0.1, 0.15) is 26.7 Å². The summed E-state index contributed by atoms with van der Waals surface area (Å²) in [7, 11) is 0. The van der Waals surface area contributed by atoms with E-state index in [1.54, 1.807) is 13.8 Å². The molecule has 0 rings (SSSR count). The molecule has 14 heavy (non-hydrogen) atoms. The number of carbonyl (C=O) groups excluding carboxylic acids is 1. The van der Waals surface area contributed by atoms with E-state index in [2.05, 4.69) is 4.74 Å². The Morgan fingerprint density at radius 3 is 2.50 bits per heavy atom. The smallest absolute Gasteiger partial charge is 0.345 e. The molecule has 1 atom stereocenters. The van der Waals surface area contributed by atoms with Crippen LogP contribution in [-0.4, -0.2) is 34.8 Å². The number of esters is 1. The molecule has 6 nitrogen and oxygen atoms in total. The zero-order valence-corrected chi connectivity index (χ0v) is 8.36. The van der Waals surface area contributed by atoms with Crippen molar-refractivity contribution in [1.82, 2.24) is 0 Å². The van der Waals surface area contributed by atoms with Crippen molar-refractivity contribution in [2.75, 3.05) is 13.2 Å². The third kappa shape index (κ3) is 3.69. The molecule has 0 unspecified atom stereocenters. The van der Waals surface area contributed by atoms with Gasteiger partial charge in [0.05, 0.1) is 6.61 Å². The average Bonchev–Trinajstić information content (AvgIpc) is 2.03. The van der Waals surface area contributed by atoms with Gasteiger partial charge in [-0.05, 0) is 13.3 Å². The van der Waals surface area contributed by atoms with Crippen LogP contribution in [0.2, 0.25) is 0 Å². The molecule has 6 heteroatoms. The molecule has 0 aromatic rings. The van der Waals surface area contributed by atoms with Crippen molar-refractivity contribution in [1.29, 1.82) is 0 Å². The van der Waals surface area contributed by atoms with Crippen molar-refractivity contribution in [3.63, 3.8) is 0 Å². The molecule has 0 fully saturated rings. The van der Waals surface area contributed by atoms with Crippen molar-refractivity contribution in [3.8, 4) is 0 Å². The Morgan fingerprint density at radius 2 is 2.14 bits per heavy atom. The van der Waals surface area contributed by atoms with Crippen molar-refractivity contribution in [2.24, 2.45) is 0 Å². The highest BCUT2D eigenvalue weighted by molar-refractivity contribution is 5.79. The molecule has 0 aliphatic heterocycles. The van der Waals surface area contributed by atoms with E-state index < -0.39 is 23.0 Å². The fourth-order valence-electron chi connectivity index (χ4n) is 1.14. The molecule has 0 saturated heterocycles. The maximum absolute atomic E-state index is 11.2. The summed E-state index contributed by atoms with van der Waals surface area (Å²) < 4.78 is 4.57. The van der Waals surface area contributed by atoms with Crippen molar-refractivity contribution >= 4 is 5.97 Å². The first-order valence-corrected chi connectivity index (χ1v) is 4.47. The molecule has 0 bridgehead atoms. The van der Waals surface area contributed by atoms with E-state index in [9.17, 15) is 20.0 Å². The normalized spacial score (nSPS) is 14.5. The second kappa shape index (κ2) is 5.54. The Balaban J connectivity index is 4.51. The van der Waals surface area contributed by atoms with E-state index in [1.165, 1.54) is 0 Å². The van der Waals surface area contributed by atoms with Crippen LogP contribution in [0.3, 0.4) is 0 Å². The lowest BCUT2D eigenvalue weighted by atomic mass is 9.98. The fourth-order valence-corrected chi connectivity index (χ4v) is 1.14. The summed E-state index contributed by atoms with van der Waals surface area (Å²) >= 11 is 0.